The molecule has 0 bridgehead atoms. The molecule has 7 atom stereocenters. The molecule has 15 nitrogen and oxygen atoms in total. The Balaban J connectivity index is 1.31. The number of aliphatic hydroxyl groups excluding tert-OH is 1. The lowest BCUT2D eigenvalue weighted by molar-refractivity contribution is -0.260. The highest BCUT2D eigenvalue weighted by atomic mass is 32.2. The van der Waals surface area contributed by atoms with Gasteiger partial charge in [0.15, 0.2) is 28.3 Å². The van der Waals surface area contributed by atoms with Gasteiger partial charge in [-0.2, -0.15) is 0 Å². The number of amides is 2. The summed E-state index contributed by atoms with van der Waals surface area (Å²) in [5, 5.41) is 17.8. The Morgan fingerprint density at radius 2 is 1.58 bits per heavy atom. The zero-order valence-electron chi connectivity index (χ0n) is 34.1. The van der Waals surface area contributed by atoms with Crippen molar-refractivity contribution in [2.45, 2.75) is 101 Å². The first kappa shape index (κ1) is 43.5. The molecule has 16 heteroatoms. The summed E-state index contributed by atoms with van der Waals surface area (Å²) in [5.41, 5.74) is 2.05. The fourth-order valence-electron chi connectivity index (χ4n) is 8.59. The molecular weight excluding hydrogens is 783 g/mol. The zero-order valence-corrected chi connectivity index (χ0v) is 34.9. The van der Waals surface area contributed by atoms with Crippen molar-refractivity contribution in [3.05, 3.63) is 89.5 Å². The van der Waals surface area contributed by atoms with Crippen LogP contribution in [0.1, 0.15) is 69.6 Å². The topological polar surface area (TPSA) is 196 Å². The molecular formula is C43H53N3O12S. The van der Waals surface area contributed by atoms with E-state index in [1.165, 1.54) is 20.8 Å². The Morgan fingerprint density at radius 1 is 0.881 bits per heavy atom. The molecule has 0 aromatic heterocycles. The van der Waals surface area contributed by atoms with Gasteiger partial charge in [-0.15, -0.1) is 0 Å². The molecule has 2 amide bonds. The molecule has 2 aliphatic heterocycles. The first-order valence-corrected chi connectivity index (χ1v) is 21.3. The van der Waals surface area contributed by atoms with E-state index in [0.29, 0.717) is 35.6 Å². The standard InChI is InChI=1S/C43H53N3O12S/c1-7-28-20-43(21-28)24-59(52,53)35-17-16-32(46(5)6)19-33(35)36(40(43)50)30-14-11-15-31(18-30)44-42(51)45-41-39(57-27(4)49)38(55-22-29-12-9-8-10-13-29)37(56-26(3)48)34(58-41)23-54-25(2)47/h8-19,28,34,36-41,50H,7,20-24H2,1-6H3,(H2,44,45,51)/t28?,34-,36+,37-,38+,39-,40+,41-,43?/m1/s1. The number of esters is 3. The molecule has 2 fully saturated rings. The quantitative estimate of drug-likeness (QED) is 0.168. The van der Waals surface area contributed by atoms with Gasteiger partial charge < -0.3 is 44.3 Å². The van der Waals surface area contributed by atoms with Gasteiger partial charge in [-0.25, -0.2) is 13.2 Å². The zero-order chi connectivity index (χ0) is 42.6. The minimum absolute atomic E-state index is 0.000894. The van der Waals surface area contributed by atoms with Crippen LogP contribution in [-0.4, -0.2) is 101 Å². The molecule has 3 N–H and O–H groups in total. The fraction of sp³-hybridized carbons (Fsp3) is 0.488. The third-order valence-electron chi connectivity index (χ3n) is 11.3. The van der Waals surface area contributed by atoms with Crippen LogP contribution in [0.4, 0.5) is 16.2 Å². The van der Waals surface area contributed by atoms with Crippen LogP contribution >= 0.6 is 0 Å². The number of carbonyl (C=O) groups excluding carboxylic acids is 4. The minimum Gasteiger partial charge on any atom is -0.463 e. The number of hydrogen-bond donors (Lipinski definition) is 3. The van der Waals surface area contributed by atoms with E-state index in [1.807, 2.05) is 55.4 Å². The summed E-state index contributed by atoms with van der Waals surface area (Å²) in [6.45, 7) is 5.24. The van der Waals surface area contributed by atoms with Crippen LogP contribution in [0.2, 0.25) is 0 Å². The highest BCUT2D eigenvalue weighted by Gasteiger charge is 2.56. The summed E-state index contributed by atoms with van der Waals surface area (Å²) in [4.78, 5) is 52.7. The second kappa shape index (κ2) is 18.1. The lowest BCUT2D eigenvalue weighted by Crippen LogP contribution is -2.66. The Hall–Kier alpha value is -5.03. The predicted octanol–water partition coefficient (Wildman–Crippen LogP) is 4.70. The number of nitrogens with one attached hydrogen (secondary N) is 2. The van der Waals surface area contributed by atoms with Crippen LogP contribution in [0.15, 0.2) is 77.7 Å². The Labute approximate surface area is 344 Å². The van der Waals surface area contributed by atoms with Gasteiger partial charge in [0.05, 0.1) is 23.4 Å². The summed E-state index contributed by atoms with van der Waals surface area (Å²) >= 11 is 0. The van der Waals surface area contributed by atoms with Crippen molar-refractivity contribution >= 4 is 45.2 Å². The normalized spacial score (nSPS) is 28.2. The number of sulfone groups is 1. The monoisotopic (exact) mass is 835 g/mol. The van der Waals surface area contributed by atoms with Crippen molar-refractivity contribution in [3.63, 3.8) is 0 Å². The molecule has 1 aliphatic carbocycles. The Morgan fingerprint density at radius 3 is 2.22 bits per heavy atom. The average molecular weight is 836 g/mol. The van der Waals surface area contributed by atoms with Crippen LogP contribution in [0.3, 0.4) is 0 Å². The summed E-state index contributed by atoms with van der Waals surface area (Å²) in [6, 6.07) is 20.3. The maximum atomic E-state index is 14.0. The molecule has 3 aromatic rings. The van der Waals surface area contributed by atoms with E-state index in [0.717, 1.165) is 17.7 Å². The van der Waals surface area contributed by atoms with Crippen LogP contribution in [-0.2, 0) is 54.5 Å². The third-order valence-corrected chi connectivity index (χ3v) is 13.3. The van der Waals surface area contributed by atoms with Gasteiger partial charge in [-0.3, -0.25) is 14.4 Å². The number of anilines is 2. The molecule has 1 saturated heterocycles. The molecule has 3 aliphatic rings. The van der Waals surface area contributed by atoms with Gasteiger partial charge in [-0.05, 0) is 65.8 Å². The van der Waals surface area contributed by atoms with Crippen molar-refractivity contribution in [3.8, 4) is 0 Å². The van der Waals surface area contributed by atoms with Crippen molar-refractivity contribution in [1.82, 2.24) is 5.32 Å². The molecule has 3 aromatic carbocycles. The highest BCUT2D eigenvalue weighted by molar-refractivity contribution is 7.91. The molecule has 6 rings (SSSR count). The lowest BCUT2D eigenvalue weighted by atomic mass is 9.56. The van der Waals surface area contributed by atoms with Crippen molar-refractivity contribution in [2.75, 3.05) is 36.7 Å². The smallest absolute Gasteiger partial charge is 0.321 e. The van der Waals surface area contributed by atoms with Crippen molar-refractivity contribution in [1.29, 1.82) is 0 Å². The first-order valence-electron chi connectivity index (χ1n) is 19.7. The van der Waals surface area contributed by atoms with E-state index in [4.69, 9.17) is 23.7 Å². The number of urea groups is 1. The van der Waals surface area contributed by atoms with Crippen LogP contribution < -0.4 is 15.5 Å². The second-order valence-electron chi connectivity index (χ2n) is 15.9. The number of fused-ring (bicyclic) bond motifs is 1. The summed E-state index contributed by atoms with van der Waals surface area (Å²) in [6.07, 6.45) is -5.34. The molecule has 1 spiro atoms. The van der Waals surface area contributed by atoms with E-state index < -0.39 is 81.9 Å². The van der Waals surface area contributed by atoms with E-state index in [-0.39, 0.29) is 23.9 Å². The van der Waals surface area contributed by atoms with Crippen LogP contribution in [0.5, 0.6) is 0 Å². The number of aliphatic hydroxyl groups is 1. The fourth-order valence-corrected chi connectivity index (χ4v) is 10.7. The molecule has 318 valence electrons. The van der Waals surface area contributed by atoms with Gasteiger partial charge in [0.2, 0.25) is 0 Å². The predicted molar refractivity (Wildman–Crippen MR) is 216 cm³/mol. The van der Waals surface area contributed by atoms with Gasteiger partial charge >= 0.3 is 23.9 Å². The molecule has 1 saturated carbocycles. The maximum absolute atomic E-state index is 14.0. The number of benzene rings is 3. The summed E-state index contributed by atoms with van der Waals surface area (Å²) in [5.74, 6) is -2.68. The Kier molecular flexibility index (Phi) is 13.3. The molecule has 0 radical (unpaired) electrons. The van der Waals surface area contributed by atoms with Gasteiger partial charge in [0, 0.05) is 57.6 Å². The number of rotatable bonds is 12. The molecule has 59 heavy (non-hydrogen) atoms. The summed E-state index contributed by atoms with van der Waals surface area (Å²) in [7, 11) is -0.0636. The van der Waals surface area contributed by atoms with E-state index in [1.54, 1.807) is 36.4 Å². The number of nitrogens with zero attached hydrogens (tertiary/aromatic N) is 1. The van der Waals surface area contributed by atoms with Gasteiger partial charge in [-0.1, -0.05) is 55.8 Å². The second-order valence-corrected chi connectivity index (χ2v) is 17.8. The van der Waals surface area contributed by atoms with E-state index >= 15 is 0 Å². The Bertz CT molecular complexity index is 2120. The first-order chi connectivity index (χ1) is 28.0. The largest absolute Gasteiger partial charge is 0.463 e. The third kappa shape index (κ3) is 9.89. The molecule has 0 unspecified atom stereocenters. The minimum atomic E-state index is -3.78. The average Bonchev–Trinajstić information content (AvgIpc) is 3.23. The van der Waals surface area contributed by atoms with Crippen LogP contribution in [0, 0.1) is 11.3 Å². The van der Waals surface area contributed by atoms with Gasteiger partial charge in [0.1, 0.15) is 18.8 Å². The number of carbonyl (C=O) groups is 4. The number of hydrogen-bond acceptors (Lipinski definition) is 13. The highest BCUT2D eigenvalue weighted by Crippen LogP contribution is 2.57. The van der Waals surface area contributed by atoms with E-state index in [9.17, 15) is 32.7 Å². The SMILES string of the molecule is CCC1CC2(C1)CS(=O)(=O)c1ccc(N(C)C)cc1[C@H](c1cccc(NC(=O)N[C@@H]3O[C@H](COC(C)=O)[C@@H](OC(C)=O)[C@H](OCc4ccccc4)[C@H]3OC(C)=O)c1)[C@@H]2O. The summed E-state index contributed by atoms with van der Waals surface area (Å²) < 4.78 is 57.0. The maximum Gasteiger partial charge on any atom is 0.321 e. The van der Waals surface area contributed by atoms with E-state index in [2.05, 4.69) is 17.6 Å². The molecule has 2 heterocycles. The number of ether oxygens (including phenoxy) is 5. The van der Waals surface area contributed by atoms with Crippen molar-refractivity contribution in [2.24, 2.45) is 11.3 Å². The lowest BCUT2D eigenvalue weighted by Gasteiger charge is -2.51. The van der Waals surface area contributed by atoms with Crippen molar-refractivity contribution < 1.29 is 56.4 Å². The van der Waals surface area contributed by atoms with Crippen LogP contribution in [0.25, 0.3) is 0 Å². The van der Waals surface area contributed by atoms with Gasteiger partial charge in [0.25, 0.3) is 0 Å².